The second-order valence-corrected chi connectivity index (χ2v) is 3.22. The van der Waals surface area contributed by atoms with Gasteiger partial charge in [0, 0.05) is 0 Å². The van der Waals surface area contributed by atoms with Gasteiger partial charge in [-0.1, -0.05) is 44.8 Å². The third-order valence-corrected chi connectivity index (χ3v) is 2.36. The van der Waals surface area contributed by atoms with E-state index in [1.165, 1.54) is 25.7 Å². The molecule has 1 atom stereocenters. The van der Waals surface area contributed by atoms with Gasteiger partial charge in [0.15, 0.2) is 0 Å². The van der Waals surface area contributed by atoms with Gasteiger partial charge in [0.1, 0.15) is 0 Å². The summed E-state index contributed by atoms with van der Waals surface area (Å²) in [6, 6.07) is 0. The average molecular weight is 181 g/mol. The van der Waals surface area contributed by atoms with Gasteiger partial charge < -0.3 is 10.8 Å². The molecule has 0 aromatic carbocycles. The van der Waals surface area contributed by atoms with Crippen LogP contribution in [-0.2, 0) is 0 Å². The molecule has 1 aliphatic carbocycles. The maximum absolute atomic E-state index is 10.8. The van der Waals surface area contributed by atoms with E-state index in [4.69, 9.17) is 5.73 Å². The van der Waals surface area contributed by atoms with Crippen molar-refractivity contribution in [3.63, 3.8) is 0 Å². The molecule has 1 unspecified atom stereocenters. The van der Waals surface area contributed by atoms with Gasteiger partial charge in [0.05, 0.1) is 0 Å². The molecule has 0 amide bonds. The van der Waals surface area contributed by atoms with Gasteiger partial charge in [0.2, 0.25) is 0 Å². The zero-order chi connectivity index (χ0) is 7.40. The molecule has 1 aliphatic rings. The van der Waals surface area contributed by atoms with Gasteiger partial charge >= 0.3 is 51.4 Å². The van der Waals surface area contributed by atoms with Crippen LogP contribution in [0.2, 0.25) is 0 Å². The predicted molar refractivity (Wildman–Crippen MR) is 39.2 cm³/mol. The fourth-order valence-corrected chi connectivity index (χ4v) is 1.64. The Bertz CT molecular complexity index is 90.1. The molecule has 3 heteroatoms. The van der Waals surface area contributed by atoms with Gasteiger partial charge in [0.25, 0.3) is 0 Å². The van der Waals surface area contributed by atoms with Crippen molar-refractivity contribution in [2.75, 3.05) is 0 Å². The summed E-state index contributed by atoms with van der Waals surface area (Å²) in [7, 11) is 0. The SMILES string of the molecule is NC([O-])C1CCCCCC1.[K+]. The molecule has 1 fully saturated rings. The molecule has 0 aromatic rings. The van der Waals surface area contributed by atoms with Gasteiger partial charge in [-0.2, -0.15) is 0 Å². The first-order chi connectivity index (χ1) is 4.80. The third kappa shape index (κ3) is 4.98. The number of rotatable bonds is 1. The smallest absolute Gasteiger partial charge is 0.841 e. The second-order valence-electron chi connectivity index (χ2n) is 3.22. The summed E-state index contributed by atoms with van der Waals surface area (Å²) in [5, 5.41) is 10.8. The van der Waals surface area contributed by atoms with E-state index >= 15 is 0 Å². The summed E-state index contributed by atoms with van der Waals surface area (Å²) < 4.78 is 0. The molecule has 1 rings (SSSR count). The van der Waals surface area contributed by atoms with E-state index in [0.717, 1.165) is 12.8 Å². The quantitative estimate of drug-likeness (QED) is 0.279. The normalized spacial score (nSPS) is 23.5. The van der Waals surface area contributed by atoms with Crippen LogP contribution >= 0.6 is 0 Å². The van der Waals surface area contributed by atoms with Crippen molar-refractivity contribution >= 4 is 0 Å². The van der Waals surface area contributed by atoms with Crippen molar-refractivity contribution in [1.82, 2.24) is 0 Å². The Hall–Kier alpha value is 1.56. The minimum absolute atomic E-state index is 0. The van der Waals surface area contributed by atoms with Crippen LogP contribution in [-0.4, -0.2) is 6.23 Å². The van der Waals surface area contributed by atoms with Gasteiger partial charge in [-0.05, 0) is 5.92 Å². The van der Waals surface area contributed by atoms with Gasteiger partial charge in [-0.25, -0.2) is 0 Å². The maximum atomic E-state index is 10.8. The summed E-state index contributed by atoms with van der Waals surface area (Å²) in [6.07, 6.45) is 6.31. The van der Waals surface area contributed by atoms with Gasteiger partial charge in [-0.15, -0.1) is 0 Å². The van der Waals surface area contributed by atoms with Crippen LogP contribution in [0.15, 0.2) is 0 Å². The number of hydrogen-bond donors (Lipinski definition) is 1. The van der Waals surface area contributed by atoms with E-state index in [-0.39, 0.29) is 57.3 Å². The predicted octanol–water partition coefficient (Wildman–Crippen LogP) is -2.39. The van der Waals surface area contributed by atoms with Crippen LogP contribution in [0.1, 0.15) is 38.5 Å². The van der Waals surface area contributed by atoms with Crippen molar-refractivity contribution < 1.29 is 56.5 Å². The summed E-state index contributed by atoms with van der Waals surface area (Å²) in [6.45, 7) is 0. The van der Waals surface area contributed by atoms with Crippen LogP contribution in [0.3, 0.4) is 0 Å². The average Bonchev–Trinajstić information content (AvgIpc) is 2.12. The largest absolute Gasteiger partial charge is 1.00 e. The summed E-state index contributed by atoms with van der Waals surface area (Å²) in [5.74, 6) is 0.266. The minimum Gasteiger partial charge on any atom is -0.841 e. The van der Waals surface area contributed by atoms with Crippen molar-refractivity contribution in [2.24, 2.45) is 11.7 Å². The minimum atomic E-state index is -0.821. The molecule has 2 N–H and O–H groups in total. The van der Waals surface area contributed by atoms with Crippen molar-refractivity contribution in [3.8, 4) is 0 Å². The zero-order valence-corrected chi connectivity index (χ0v) is 10.5. The summed E-state index contributed by atoms with van der Waals surface area (Å²) in [5.41, 5.74) is 5.28. The Morgan fingerprint density at radius 1 is 1.09 bits per heavy atom. The van der Waals surface area contributed by atoms with E-state index in [1.54, 1.807) is 0 Å². The Labute approximate surface area is 111 Å². The zero-order valence-electron chi connectivity index (χ0n) is 7.38. The van der Waals surface area contributed by atoms with Crippen molar-refractivity contribution in [2.45, 2.75) is 44.8 Å². The molecular formula is C8H16KNO. The van der Waals surface area contributed by atoms with Crippen LogP contribution < -0.4 is 62.2 Å². The Morgan fingerprint density at radius 3 is 1.91 bits per heavy atom. The van der Waals surface area contributed by atoms with E-state index in [2.05, 4.69) is 0 Å². The molecule has 0 radical (unpaired) electrons. The topological polar surface area (TPSA) is 49.1 Å². The fourth-order valence-electron chi connectivity index (χ4n) is 1.64. The first-order valence-corrected chi connectivity index (χ1v) is 4.22. The van der Waals surface area contributed by atoms with Gasteiger partial charge in [-0.3, -0.25) is 0 Å². The molecule has 0 bridgehead atoms. The first-order valence-electron chi connectivity index (χ1n) is 4.22. The number of nitrogens with two attached hydrogens (primary N) is 1. The molecule has 11 heavy (non-hydrogen) atoms. The van der Waals surface area contributed by atoms with Crippen LogP contribution in [0.4, 0.5) is 0 Å². The van der Waals surface area contributed by atoms with E-state index in [1.807, 2.05) is 0 Å². The molecule has 1 saturated carbocycles. The van der Waals surface area contributed by atoms with E-state index in [9.17, 15) is 5.11 Å². The Kier molecular flexibility index (Phi) is 8.00. The monoisotopic (exact) mass is 181 g/mol. The van der Waals surface area contributed by atoms with Crippen LogP contribution in [0, 0.1) is 5.92 Å². The first kappa shape index (κ1) is 12.6. The summed E-state index contributed by atoms with van der Waals surface area (Å²) >= 11 is 0. The second kappa shape index (κ2) is 7.01. The Balaban J connectivity index is 0.000001000. The van der Waals surface area contributed by atoms with Crippen molar-refractivity contribution in [3.05, 3.63) is 0 Å². The maximum Gasteiger partial charge on any atom is 1.00 e. The molecule has 0 spiro atoms. The molecular weight excluding hydrogens is 165 g/mol. The third-order valence-electron chi connectivity index (χ3n) is 2.36. The molecule has 2 nitrogen and oxygen atoms in total. The Morgan fingerprint density at radius 2 is 1.55 bits per heavy atom. The van der Waals surface area contributed by atoms with E-state index < -0.39 is 6.23 Å². The molecule has 0 aliphatic heterocycles. The standard InChI is InChI=1S/C8H16NO.K/c9-8(10)7-5-3-1-2-4-6-7;/h7-8H,1-6,9H2;/q-1;+1. The van der Waals surface area contributed by atoms with Crippen LogP contribution in [0.25, 0.3) is 0 Å². The molecule has 0 saturated heterocycles. The molecule has 0 aromatic heterocycles. The van der Waals surface area contributed by atoms with E-state index in [0.29, 0.717) is 0 Å². The summed E-state index contributed by atoms with van der Waals surface area (Å²) in [4.78, 5) is 0. The van der Waals surface area contributed by atoms with Crippen LogP contribution in [0.5, 0.6) is 0 Å². The number of hydrogen-bond acceptors (Lipinski definition) is 2. The fraction of sp³-hybridized carbons (Fsp3) is 1.00. The molecule has 60 valence electrons. The van der Waals surface area contributed by atoms with Crippen molar-refractivity contribution in [1.29, 1.82) is 0 Å². The molecule has 0 heterocycles.